The molecule has 0 aromatic heterocycles. The van der Waals surface area contributed by atoms with Crippen molar-refractivity contribution in [2.45, 2.75) is 64.9 Å². The molecule has 0 aliphatic carbocycles. The van der Waals surface area contributed by atoms with E-state index in [0.717, 1.165) is 33.0 Å². The molecule has 40 heavy (non-hydrogen) atoms. The number of halogens is 1. The fourth-order valence-electron chi connectivity index (χ4n) is 4.44. The van der Waals surface area contributed by atoms with Crippen LogP contribution in [0.2, 0.25) is 5.02 Å². The number of sulfonamides is 1. The molecule has 3 rings (SSSR count). The predicted octanol–water partition coefficient (Wildman–Crippen LogP) is 5.79. The second-order valence-corrected chi connectivity index (χ2v) is 12.3. The average molecular weight is 584 g/mol. The average Bonchev–Trinajstić information content (AvgIpc) is 2.92. The standard InChI is InChI=1S/C31H38ClN3O4S/c1-6-17-33-31(37)29(7-2)34(20-25-10-8-9-22(3)18-25)30(36)21-35(27-14-11-23(4)24(5)19-27)40(38,39)28-15-12-26(32)13-16-28/h8-16,18-19,29H,6-7,17,20-21H2,1-5H3,(H,33,37)/t29-/m0/s1. The van der Waals surface area contributed by atoms with Gasteiger partial charge in [0, 0.05) is 18.1 Å². The number of aryl methyl sites for hydroxylation is 3. The molecule has 2 amide bonds. The molecule has 7 nitrogen and oxygen atoms in total. The molecule has 0 saturated carbocycles. The molecule has 9 heteroatoms. The van der Waals surface area contributed by atoms with Gasteiger partial charge in [-0.15, -0.1) is 0 Å². The van der Waals surface area contributed by atoms with Crippen LogP contribution in [0.1, 0.15) is 48.9 Å². The van der Waals surface area contributed by atoms with Crippen molar-refractivity contribution in [1.29, 1.82) is 0 Å². The molecule has 3 aromatic carbocycles. The monoisotopic (exact) mass is 583 g/mol. The van der Waals surface area contributed by atoms with E-state index in [-0.39, 0.29) is 17.3 Å². The molecule has 0 bridgehead atoms. The van der Waals surface area contributed by atoms with Crippen LogP contribution in [-0.4, -0.2) is 44.3 Å². The maximum Gasteiger partial charge on any atom is 0.264 e. The number of nitrogens with zero attached hydrogens (tertiary/aromatic N) is 2. The quantitative estimate of drug-likeness (QED) is 0.292. The van der Waals surface area contributed by atoms with Gasteiger partial charge in [-0.05, 0) is 86.7 Å². The van der Waals surface area contributed by atoms with E-state index in [1.165, 1.54) is 29.2 Å². The third-order valence-electron chi connectivity index (χ3n) is 6.83. The van der Waals surface area contributed by atoms with E-state index >= 15 is 0 Å². The number of anilines is 1. The molecule has 214 valence electrons. The van der Waals surface area contributed by atoms with Crippen LogP contribution in [0.5, 0.6) is 0 Å². The molecule has 0 spiro atoms. The molecule has 1 atom stereocenters. The maximum atomic E-state index is 14.1. The summed E-state index contributed by atoms with van der Waals surface area (Å²) < 4.78 is 29.0. The molecule has 0 radical (unpaired) electrons. The highest BCUT2D eigenvalue weighted by Gasteiger charge is 2.33. The number of benzene rings is 3. The Balaban J connectivity index is 2.08. The summed E-state index contributed by atoms with van der Waals surface area (Å²) in [6, 6.07) is 18.1. The van der Waals surface area contributed by atoms with Crippen LogP contribution in [0.15, 0.2) is 71.6 Å². The summed E-state index contributed by atoms with van der Waals surface area (Å²) in [7, 11) is -4.15. The van der Waals surface area contributed by atoms with E-state index < -0.39 is 28.5 Å². The highest BCUT2D eigenvalue weighted by molar-refractivity contribution is 7.92. The highest BCUT2D eigenvalue weighted by atomic mass is 35.5. The summed E-state index contributed by atoms with van der Waals surface area (Å²) in [4.78, 5) is 28.8. The Bertz CT molecular complexity index is 1440. The van der Waals surface area contributed by atoms with E-state index in [9.17, 15) is 18.0 Å². The summed E-state index contributed by atoms with van der Waals surface area (Å²) >= 11 is 6.02. The molecular weight excluding hydrogens is 546 g/mol. The maximum absolute atomic E-state index is 14.1. The van der Waals surface area contributed by atoms with Crippen LogP contribution in [-0.2, 0) is 26.2 Å². The highest BCUT2D eigenvalue weighted by Crippen LogP contribution is 2.27. The van der Waals surface area contributed by atoms with Crippen molar-refractivity contribution in [2.24, 2.45) is 0 Å². The van der Waals surface area contributed by atoms with Crippen LogP contribution in [0.25, 0.3) is 0 Å². The lowest BCUT2D eigenvalue weighted by Crippen LogP contribution is -2.52. The number of hydrogen-bond acceptors (Lipinski definition) is 4. The van der Waals surface area contributed by atoms with Crippen molar-refractivity contribution in [3.8, 4) is 0 Å². The smallest absolute Gasteiger partial charge is 0.264 e. The lowest BCUT2D eigenvalue weighted by atomic mass is 10.1. The number of rotatable bonds is 12. The van der Waals surface area contributed by atoms with Crippen LogP contribution < -0.4 is 9.62 Å². The van der Waals surface area contributed by atoms with Gasteiger partial charge in [0.05, 0.1) is 10.6 Å². The predicted molar refractivity (Wildman–Crippen MR) is 161 cm³/mol. The first kappa shape index (κ1) is 31.2. The Hall–Kier alpha value is -3.36. The Kier molecular flexibility index (Phi) is 10.8. The minimum atomic E-state index is -4.15. The summed E-state index contributed by atoms with van der Waals surface area (Å²) in [5.41, 5.74) is 4.14. The van der Waals surface area contributed by atoms with Gasteiger partial charge in [-0.1, -0.05) is 61.3 Å². The summed E-state index contributed by atoms with van der Waals surface area (Å²) in [5.74, 6) is -0.737. The van der Waals surface area contributed by atoms with Gasteiger partial charge in [-0.25, -0.2) is 8.42 Å². The van der Waals surface area contributed by atoms with Gasteiger partial charge in [-0.2, -0.15) is 0 Å². The summed E-state index contributed by atoms with van der Waals surface area (Å²) in [6.07, 6.45) is 1.13. The molecule has 0 aliphatic heterocycles. The second-order valence-electron chi connectivity index (χ2n) is 9.96. The number of carbonyl (C=O) groups excluding carboxylic acids is 2. The Morgan fingerprint density at radius 3 is 2.23 bits per heavy atom. The van der Waals surface area contributed by atoms with Gasteiger partial charge in [0.2, 0.25) is 11.8 Å². The molecule has 0 fully saturated rings. The molecule has 0 unspecified atom stereocenters. The topological polar surface area (TPSA) is 86.8 Å². The number of nitrogens with one attached hydrogen (secondary N) is 1. The van der Waals surface area contributed by atoms with Gasteiger partial charge in [0.1, 0.15) is 12.6 Å². The van der Waals surface area contributed by atoms with Crippen LogP contribution >= 0.6 is 11.6 Å². The van der Waals surface area contributed by atoms with Crippen molar-refractivity contribution in [3.63, 3.8) is 0 Å². The summed E-state index contributed by atoms with van der Waals surface area (Å²) in [6.45, 7) is 9.77. The Morgan fingerprint density at radius 1 is 0.925 bits per heavy atom. The zero-order valence-corrected chi connectivity index (χ0v) is 25.3. The molecule has 0 heterocycles. The van der Waals surface area contributed by atoms with Gasteiger partial charge >= 0.3 is 0 Å². The normalized spacial score (nSPS) is 12.1. The van der Waals surface area contributed by atoms with E-state index in [0.29, 0.717) is 23.7 Å². The number of carbonyl (C=O) groups is 2. The third kappa shape index (κ3) is 7.64. The number of hydrogen-bond donors (Lipinski definition) is 1. The number of amides is 2. The zero-order valence-electron chi connectivity index (χ0n) is 23.8. The molecule has 1 N–H and O–H groups in total. The van der Waals surface area contributed by atoms with Crippen molar-refractivity contribution in [1.82, 2.24) is 10.2 Å². The Labute approximate surface area is 243 Å². The first-order valence-electron chi connectivity index (χ1n) is 13.5. The zero-order chi connectivity index (χ0) is 29.4. The van der Waals surface area contributed by atoms with Crippen molar-refractivity contribution >= 4 is 39.1 Å². The van der Waals surface area contributed by atoms with Gasteiger partial charge < -0.3 is 10.2 Å². The van der Waals surface area contributed by atoms with Crippen LogP contribution in [0, 0.1) is 20.8 Å². The van der Waals surface area contributed by atoms with Gasteiger partial charge in [-0.3, -0.25) is 13.9 Å². The third-order valence-corrected chi connectivity index (χ3v) is 8.87. The van der Waals surface area contributed by atoms with E-state index in [1.807, 2.05) is 65.0 Å². The molecule has 0 saturated heterocycles. The fourth-order valence-corrected chi connectivity index (χ4v) is 5.97. The fraction of sp³-hybridized carbons (Fsp3) is 0.355. The lowest BCUT2D eigenvalue weighted by molar-refractivity contribution is -0.140. The first-order chi connectivity index (χ1) is 19.0. The van der Waals surface area contributed by atoms with Crippen molar-refractivity contribution in [3.05, 3.63) is 94.0 Å². The second kappa shape index (κ2) is 13.8. The first-order valence-corrected chi connectivity index (χ1v) is 15.3. The lowest BCUT2D eigenvalue weighted by Gasteiger charge is -2.33. The van der Waals surface area contributed by atoms with E-state index in [4.69, 9.17) is 11.6 Å². The molecule has 3 aromatic rings. The van der Waals surface area contributed by atoms with Crippen molar-refractivity contribution < 1.29 is 18.0 Å². The van der Waals surface area contributed by atoms with Gasteiger partial charge in [0.15, 0.2) is 0 Å². The molecule has 0 aliphatic rings. The Morgan fingerprint density at radius 2 is 1.62 bits per heavy atom. The SMILES string of the molecule is CCCNC(=O)[C@H](CC)N(Cc1cccc(C)c1)C(=O)CN(c1ccc(C)c(C)c1)S(=O)(=O)c1ccc(Cl)cc1. The van der Waals surface area contributed by atoms with Crippen molar-refractivity contribution in [2.75, 3.05) is 17.4 Å². The van der Waals surface area contributed by atoms with E-state index in [2.05, 4.69) is 5.32 Å². The largest absolute Gasteiger partial charge is 0.354 e. The van der Waals surface area contributed by atoms with Crippen LogP contribution in [0.4, 0.5) is 5.69 Å². The minimum Gasteiger partial charge on any atom is -0.354 e. The molecular formula is C31H38ClN3O4S. The van der Waals surface area contributed by atoms with Gasteiger partial charge in [0.25, 0.3) is 10.0 Å². The minimum absolute atomic E-state index is 0.0147. The summed E-state index contributed by atoms with van der Waals surface area (Å²) in [5, 5.41) is 3.30. The van der Waals surface area contributed by atoms with E-state index in [1.54, 1.807) is 12.1 Å². The van der Waals surface area contributed by atoms with Crippen LogP contribution in [0.3, 0.4) is 0 Å².